The van der Waals surface area contributed by atoms with Gasteiger partial charge < -0.3 is 4.90 Å². The molecular weight excluding hydrogens is 210 g/mol. The average molecular weight is 221 g/mol. The smallest absolute Gasteiger partial charge is 0.280 e. The highest BCUT2D eigenvalue weighted by Crippen LogP contribution is 2.35. The molecule has 1 aliphatic heterocycles. The van der Waals surface area contributed by atoms with Gasteiger partial charge in [-0.2, -0.15) is 0 Å². The minimum absolute atomic E-state index is 0.190. The first kappa shape index (κ1) is 9.90. The van der Waals surface area contributed by atoms with E-state index in [1.807, 2.05) is 0 Å². The Labute approximate surface area is 86.2 Å². The summed E-state index contributed by atoms with van der Waals surface area (Å²) < 4.78 is 24.9. The van der Waals surface area contributed by atoms with E-state index in [1.54, 1.807) is 11.9 Å². The molecule has 0 aromatic heterocycles. The Hall–Kier alpha value is -0.640. The molecule has 1 saturated carbocycles. The Kier molecular flexibility index (Phi) is 2.47. The Balaban J connectivity index is 2.24. The standard InChI is InChI=1S/C9H11ClF2N2/c1-14-7(10)4-6(8(11)12)13-9(14)5-2-3-5/h4-5,7-8H,2-3H2,1H3. The minimum Gasteiger partial charge on any atom is -0.343 e. The molecule has 0 radical (unpaired) electrons. The maximum Gasteiger partial charge on any atom is 0.280 e. The molecule has 0 aromatic carbocycles. The van der Waals surface area contributed by atoms with E-state index in [-0.39, 0.29) is 5.70 Å². The van der Waals surface area contributed by atoms with Crippen LogP contribution in [0.4, 0.5) is 8.78 Å². The molecule has 2 rings (SSSR count). The predicted octanol–water partition coefficient (Wildman–Crippen LogP) is 2.45. The lowest BCUT2D eigenvalue weighted by molar-refractivity contribution is 0.185. The summed E-state index contributed by atoms with van der Waals surface area (Å²) in [5.41, 5.74) is -0.683. The van der Waals surface area contributed by atoms with Crippen molar-refractivity contribution in [2.75, 3.05) is 7.05 Å². The van der Waals surface area contributed by atoms with Gasteiger partial charge >= 0.3 is 0 Å². The summed E-state index contributed by atoms with van der Waals surface area (Å²) in [6.45, 7) is 0. The molecule has 5 heteroatoms. The number of hydrogen-bond donors (Lipinski definition) is 0. The first-order valence-electron chi connectivity index (χ1n) is 4.55. The molecule has 0 amide bonds. The van der Waals surface area contributed by atoms with E-state index >= 15 is 0 Å². The van der Waals surface area contributed by atoms with Crippen LogP contribution >= 0.6 is 11.6 Å². The van der Waals surface area contributed by atoms with Gasteiger partial charge in [-0.25, -0.2) is 13.8 Å². The number of allylic oxidation sites excluding steroid dienone is 1. The van der Waals surface area contributed by atoms with Crippen LogP contribution < -0.4 is 0 Å². The number of halogens is 3. The van der Waals surface area contributed by atoms with Crippen molar-refractivity contribution in [1.82, 2.24) is 4.90 Å². The van der Waals surface area contributed by atoms with E-state index in [0.29, 0.717) is 11.8 Å². The second-order valence-corrected chi connectivity index (χ2v) is 4.07. The van der Waals surface area contributed by atoms with Crippen LogP contribution in [0, 0.1) is 5.92 Å². The van der Waals surface area contributed by atoms with Gasteiger partial charge in [-0.05, 0) is 18.9 Å². The van der Waals surface area contributed by atoms with Crippen LogP contribution in [0.1, 0.15) is 12.8 Å². The third kappa shape index (κ3) is 1.75. The molecule has 14 heavy (non-hydrogen) atoms. The van der Waals surface area contributed by atoms with Crippen LogP contribution in [0.2, 0.25) is 0 Å². The highest BCUT2D eigenvalue weighted by atomic mass is 35.5. The number of amidine groups is 1. The third-order valence-electron chi connectivity index (χ3n) is 2.45. The molecule has 1 atom stereocenters. The summed E-state index contributed by atoms with van der Waals surface area (Å²) in [5, 5.41) is 0. The summed E-state index contributed by atoms with van der Waals surface area (Å²) in [7, 11) is 1.79. The summed E-state index contributed by atoms with van der Waals surface area (Å²) >= 11 is 5.91. The van der Waals surface area contributed by atoms with Crippen molar-refractivity contribution in [3.63, 3.8) is 0 Å². The quantitative estimate of drug-likeness (QED) is 0.516. The predicted molar refractivity (Wildman–Crippen MR) is 51.7 cm³/mol. The Morgan fingerprint density at radius 1 is 1.57 bits per heavy atom. The zero-order valence-corrected chi connectivity index (χ0v) is 8.51. The summed E-state index contributed by atoms with van der Waals surface area (Å²) in [6.07, 6.45) is 0.837. The fraction of sp³-hybridized carbons (Fsp3) is 0.667. The molecule has 0 saturated heterocycles. The normalized spacial score (nSPS) is 27.8. The number of aliphatic imine (C=N–C) groups is 1. The summed E-state index contributed by atoms with van der Waals surface area (Å²) in [6, 6.07) is 0. The van der Waals surface area contributed by atoms with E-state index in [0.717, 1.165) is 12.8 Å². The Morgan fingerprint density at radius 2 is 2.21 bits per heavy atom. The van der Waals surface area contributed by atoms with E-state index in [4.69, 9.17) is 11.6 Å². The number of rotatable bonds is 2. The molecule has 1 heterocycles. The molecule has 1 unspecified atom stereocenters. The fourth-order valence-electron chi connectivity index (χ4n) is 1.47. The average Bonchev–Trinajstić information content (AvgIpc) is 2.92. The third-order valence-corrected chi connectivity index (χ3v) is 2.87. The molecule has 1 aliphatic carbocycles. The molecule has 0 aromatic rings. The van der Waals surface area contributed by atoms with Crippen LogP contribution in [0.5, 0.6) is 0 Å². The van der Waals surface area contributed by atoms with Crippen molar-refractivity contribution in [3.8, 4) is 0 Å². The SMILES string of the molecule is CN1C(C2CC2)=NC(C(F)F)=CC1Cl. The highest BCUT2D eigenvalue weighted by molar-refractivity contribution is 6.23. The van der Waals surface area contributed by atoms with Crippen molar-refractivity contribution in [2.24, 2.45) is 10.9 Å². The Bertz CT molecular complexity index is 297. The lowest BCUT2D eigenvalue weighted by Gasteiger charge is -2.28. The topological polar surface area (TPSA) is 15.6 Å². The molecule has 2 aliphatic rings. The van der Waals surface area contributed by atoms with Crippen molar-refractivity contribution in [1.29, 1.82) is 0 Å². The molecule has 0 bridgehead atoms. The zero-order valence-electron chi connectivity index (χ0n) is 7.75. The van der Waals surface area contributed by atoms with Gasteiger partial charge in [0, 0.05) is 13.0 Å². The summed E-state index contributed by atoms with van der Waals surface area (Å²) in [5.74, 6) is 1.05. The van der Waals surface area contributed by atoms with E-state index < -0.39 is 11.9 Å². The van der Waals surface area contributed by atoms with Crippen molar-refractivity contribution >= 4 is 17.4 Å². The Morgan fingerprint density at radius 3 is 2.71 bits per heavy atom. The fourth-order valence-corrected chi connectivity index (χ4v) is 1.70. The minimum atomic E-state index is -2.53. The van der Waals surface area contributed by atoms with E-state index in [2.05, 4.69) is 4.99 Å². The molecular formula is C9H11ClF2N2. The van der Waals surface area contributed by atoms with Crippen LogP contribution in [0.25, 0.3) is 0 Å². The number of hydrogen-bond acceptors (Lipinski definition) is 2. The van der Waals surface area contributed by atoms with Gasteiger partial charge in [-0.3, -0.25) is 0 Å². The van der Waals surface area contributed by atoms with E-state index in [9.17, 15) is 8.78 Å². The van der Waals surface area contributed by atoms with Crippen molar-refractivity contribution in [3.05, 3.63) is 11.8 Å². The van der Waals surface area contributed by atoms with Crippen LogP contribution in [-0.2, 0) is 0 Å². The van der Waals surface area contributed by atoms with Crippen LogP contribution in [0.3, 0.4) is 0 Å². The zero-order chi connectivity index (χ0) is 10.3. The maximum absolute atomic E-state index is 12.4. The molecule has 0 spiro atoms. The molecule has 2 nitrogen and oxygen atoms in total. The van der Waals surface area contributed by atoms with Gasteiger partial charge in [0.1, 0.15) is 17.0 Å². The van der Waals surface area contributed by atoms with Gasteiger partial charge in [-0.15, -0.1) is 0 Å². The van der Waals surface area contributed by atoms with E-state index in [1.165, 1.54) is 6.08 Å². The lowest BCUT2D eigenvalue weighted by atomic mass is 10.2. The van der Waals surface area contributed by atoms with Gasteiger partial charge in [-0.1, -0.05) is 11.6 Å². The second kappa shape index (κ2) is 3.50. The van der Waals surface area contributed by atoms with Crippen molar-refractivity contribution in [2.45, 2.75) is 24.8 Å². The number of likely N-dealkylation sites (N-methyl/N-ethyl adjacent to an activating group) is 1. The highest BCUT2D eigenvalue weighted by Gasteiger charge is 2.35. The molecule has 1 fully saturated rings. The molecule has 78 valence electrons. The van der Waals surface area contributed by atoms with Gasteiger partial charge in [0.25, 0.3) is 6.43 Å². The second-order valence-electron chi connectivity index (χ2n) is 3.62. The number of nitrogens with zero attached hydrogens (tertiary/aromatic N) is 2. The van der Waals surface area contributed by atoms with Crippen LogP contribution in [0.15, 0.2) is 16.8 Å². The van der Waals surface area contributed by atoms with Crippen molar-refractivity contribution < 1.29 is 8.78 Å². The lowest BCUT2D eigenvalue weighted by Crippen LogP contribution is -2.37. The van der Waals surface area contributed by atoms with Crippen LogP contribution in [-0.4, -0.2) is 29.7 Å². The van der Waals surface area contributed by atoms with Gasteiger partial charge in [0.2, 0.25) is 0 Å². The first-order valence-corrected chi connectivity index (χ1v) is 4.98. The number of alkyl halides is 3. The maximum atomic E-state index is 12.4. The van der Waals surface area contributed by atoms with Gasteiger partial charge in [0.15, 0.2) is 0 Å². The first-order chi connectivity index (χ1) is 6.59. The monoisotopic (exact) mass is 220 g/mol. The summed E-state index contributed by atoms with van der Waals surface area (Å²) in [4.78, 5) is 5.70. The van der Waals surface area contributed by atoms with Gasteiger partial charge in [0.05, 0.1) is 0 Å². The molecule has 0 N–H and O–H groups in total. The largest absolute Gasteiger partial charge is 0.343 e.